The van der Waals surface area contributed by atoms with E-state index >= 15 is 0 Å². The van der Waals surface area contributed by atoms with Crippen molar-refractivity contribution >= 4 is 11.6 Å². The molecule has 1 aliphatic carbocycles. The van der Waals surface area contributed by atoms with Gasteiger partial charge in [-0.05, 0) is 48.6 Å². The zero-order valence-corrected chi connectivity index (χ0v) is 11.9. The molecule has 1 aliphatic rings. The second kappa shape index (κ2) is 6.00. The molecule has 0 amide bonds. The van der Waals surface area contributed by atoms with Crippen molar-refractivity contribution in [3.8, 4) is 0 Å². The van der Waals surface area contributed by atoms with E-state index in [0.29, 0.717) is 24.3 Å². The van der Waals surface area contributed by atoms with E-state index in [1.165, 1.54) is 5.56 Å². The first kappa shape index (κ1) is 13.7. The molecule has 1 atom stereocenters. The van der Waals surface area contributed by atoms with Gasteiger partial charge in [0.15, 0.2) is 0 Å². The molecular weight excluding hydrogens is 274 g/mol. The van der Waals surface area contributed by atoms with Crippen LogP contribution in [0.2, 0.25) is 5.02 Å². The number of hydrogen-bond acceptors (Lipinski definition) is 3. The largest absolute Gasteiger partial charge is 0.467 e. The molecule has 0 spiro atoms. The highest BCUT2D eigenvalue weighted by molar-refractivity contribution is 6.30. The SMILES string of the molecule is O[C@H](CNC1CC(c2ccc(Cl)cc2)C1)c1ccco1. The van der Waals surface area contributed by atoms with Gasteiger partial charge < -0.3 is 14.8 Å². The molecular formula is C16H18ClNO2. The molecule has 0 saturated heterocycles. The fraction of sp³-hybridized carbons (Fsp3) is 0.375. The van der Waals surface area contributed by atoms with Crippen molar-refractivity contribution in [1.29, 1.82) is 0 Å². The van der Waals surface area contributed by atoms with Gasteiger partial charge in [0, 0.05) is 17.6 Å². The molecule has 1 fully saturated rings. The topological polar surface area (TPSA) is 45.4 Å². The summed E-state index contributed by atoms with van der Waals surface area (Å²) in [5.41, 5.74) is 1.35. The summed E-state index contributed by atoms with van der Waals surface area (Å²) in [5, 5.41) is 14.1. The molecule has 1 aromatic heterocycles. The fourth-order valence-electron chi connectivity index (χ4n) is 2.65. The lowest BCUT2D eigenvalue weighted by atomic mass is 9.76. The van der Waals surface area contributed by atoms with Gasteiger partial charge >= 0.3 is 0 Å². The van der Waals surface area contributed by atoms with Crippen LogP contribution in [0.25, 0.3) is 0 Å². The molecule has 3 rings (SSSR count). The van der Waals surface area contributed by atoms with Gasteiger partial charge in [-0.25, -0.2) is 0 Å². The van der Waals surface area contributed by atoms with Gasteiger partial charge in [-0.1, -0.05) is 23.7 Å². The maximum absolute atomic E-state index is 9.92. The minimum Gasteiger partial charge on any atom is -0.467 e. The van der Waals surface area contributed by atoms with Gasteiger partial charge in [0.2, 0.25) is 0 Å². The maximum Gasteiger partial charge on any atom is 0.133 e. The Morgan fingerprint density at radius 2 is 2.00 bits per heavy atom. The van der Waals surface area contributed by atoms with Crippen LogP contribution in [0.3, 0.4) is 0 Å². The van der Waals surface area contributed by atoms with Crippen molar-refractivity contribution < 1.29 is 9.52 Å². The molecule has 1 heterocycles. The summed E-state index contributed by atoms with van der Waals surface area (Å²) in [7, 11) is 0. The average molecular weight is 292 g/mol. The summed E-state index contributed by atoms with van der Waals surface area (Å²) in [5.74, 6) is 1.22. The first-order valence-corrected chi connectivity index (χ1v) is 7.30. The molecule has 0 unspecified atom stereocenters. The third kappa shape index (κ3) is 3.06. The van der Waals surface area contributed by atoms with Crippen molar-refractivity contribution in [2.45, 2.75) is 30.9 Å². The van der Waals surface area contributed by atoms with E-state index < -0.39 is 6.10 Å². The van der Waals surface area contributed by atoms with Gasteiger partial charge in [-0.15, -0.1) is 0 Å². The van der Waals surface area contributed by atoms with E-state index in [9.17, 15) is 5.11 Å². The van der Waals surface area contributed by atoms with E-state index in [-0.39, 0.29) is 0 Å². The number of aliphatic hydroxyl groups excluding tert-OH is 1. The van der Waals surface area contributed by atoms with Crippen LogP contribution in [0.4, 0.5) is 0 Å². The molecule has 4 heteroatoms. The Labute approximate surface area is 123 Å². The summed E-state index contributed by atoms with van der Waals surface area (Å²) in [6.07, 6.45) is 3.22. The van der Waals surface area contributed by atoms with Crippen molar-refractivity contribution in [3.05, 3.63) is 59.0 Å². The number of aliphatic hydroxyl groups is 1. The lowest BCUT2D eigenvalue weighted by Gasteiger charge is -2.36. The molecule has 0 aliphatic heterocycles. The average Bonchev–Trinajstić information content (AvgIpc) is 2.92. The summed E-state index contributed by atoms with van der Waals surface area (Å²) < 4.78 is 5.18. The Morgan fingerprint density at radius 1 is 1.25 bits per heavy atom. The third-order valence-corrected chi connectivity index (χ3v) is 4.20. The number of nitrogens with one attached hydrogen (secondary N) is 1. The summed E-state index contributed by atoms with van der Waals surface area (Å²) in [6.45, 7) is 0.533. The highest BCUT2D eigenvalue weighted by Crippen LogP contribution is 2.37. The van der Waals surface area contributed by atoms with Crippen LogP contribution < -0.4 is 5.32 Å². The second-order valence-electron chi connectivity index (χ2n) is 5.36. The first-order valence-electron chi connectivity index (χ1n) is 6.92. The highest BCUT2D eigenvalue weighted by atomic mass is 35.5. The van der Waals surface area contributed by atoms with Crippen LogP contribution in [-0.4, -0.2) is 17.7 Å². The predicted molar refractivity (Wildman–Crippen MR) is 78.9 cm³/mol. The number of furan rings is 1. The Balaban J connectivity index is 1.43. The van der Waals surface area contributed by atoms with E-state index in [4.69, 9.17) is 16.0 Å². The predicted octanol–water partition coefficient (Wildman–Crippen LogP) is 3.50. The van der Waals surface area contributed by atoms with Crippen LogP contribution in [-0.2, 0) is 0 Å². The Bertz CT molecular complexity index is 532. The van der Waals surface area contributed by atoms with E-state index in [1.807, 2.05) is 12.1 Å². The van der Waals surface area contributed by atoms with Gasteiger partial charge in [0.1, 0.15) is 11.9 Å². The van der Waals surface area contributed by atoms with Crippen molar-refractivity contribution in [2.75, 3.05) is 6.54 Å². The molecule has 1 saturated carbocycles. The number of hydrogen-bond donors (Lipinski definition) is 2. The Kier molecular flexibility index (Phi) is 4.10. The summed E-state index contributed by atoms with van der Waals surface area (Å²) in [6, 6.07) is 12.1. The number of benzene rings is 1. The van der Waals surface area contributed by atoms with Crippen LogP contribution in [0.5, 0.6) is 0 Å². The van der Waals surface area contributed by atoms with Gasteiger partial charge in [0.25, 0.3) is 0 Å². The number of halogens is 1. The summed E-state index contributed by atoms with van der Waals surface area (Å²) >= 11 is 5.89. The first-order chi connectivity index (χ1) is 9.72. The van der Waals surface area contributed by atoms with Gasteiger partial charge in [0.05, 0.1) is 6.26 Å². The van der Waals surface area contributed by atoms with Crippen molar-refractivity contribution in [3.63, 3.8) is 0 Å². The quantitative estimate of drug-likeness (QED) is 0.886. The van der Waals surface area contributed by atoms with Crippen LogP contribution in [0, 0.1) is 0 Å². The van der Waals surface area contributed by atoms with E-state index in [1.54, 1.807) is 18.4 Å². The Hall–Kier alpha value is -1.29. The molecule has 0 radical (unpaired) electrons. The monoisotopic (exact) mass is 291 g/mol. The van der Waals surface area contributed by atoms with Crippen LogP contribution in [0.1, 0.15) is 36.2 Å². The maximum atomic E-state index is 9.92. The Morgan fingerprint density at radius 3 is 2.65 bits per heavy atom. The highest BCUT2D eigenvalue weighted by Gasteiger charge is 2.30. The molecule has 20 heavy (non-hydrogen) atoms. The zero-order valence-electron chi connectivity index (χ0n) is 11.1. The minimum atomic E-state index is -0.570. The normalized spacial score (nSPS) is 23.3. The van der Waals surface area contributed by atoms with E-state index in [0.717, 1.165) is 17.9 Å². The van der Waals surface area contributed by atoms with Gasteiger partial charge in [-0.2, -0.15) is 0 Å². The van der Waals surface area contributed by atoms with E-state index in [2.05, 4.69) is 17.4 Å². The standard InChI is InChI=1S/C16H18ClNO2/c17-13-5-3-11(4-6-13)12-8-14(9-12)18-10-15(19)16-2-1-7-20-16/h1-7,12,14-15,18-19H,8-10H2/t12?,14?,15-/m1/s1. The fourth-order valence-corrected chi connectivity index (χ4v) is 2.78. The molecule has 106 valence electrons. The summed E-state index contributed by atoms with van der Waals surface area (Å²) in [4.78, 5) is 0. The zero-order chi connectivity index (χ0) is 13.9. The second-order valence-corrected chi connectivity index (χ2v) is 5.79. The van der Waals surface area contributed by atoms with Crippen LogP contribution in [0.15, 0.2) is 47.1 Å². The van der Waals surface area contributed by atoms with Crippen molar-refractivity contribution in [2.24, 2.45) is 0 Å². The molecule has 3 nitrogen and oxygen atoms in total. The molecule has 2 N–H and O–H groups in total. The number of rotatable bonds is 5. The third-order valence-electron chi connectivity index (χ3n) is 3.95. The smallest absolute Gasteiger partial charge is 0.133 e. The van der Waals surface area contributed by atoms with Crippen molar-refractivity contribution in [1.82, 2.24) is 5.32 Å². The molecule has 0 bridgehead atoms. The lowest BCUT2D eigenvalue weighted by molar-refractivity contribution is 0.134. The minimum absolute atomic E-state index is 0.472. The van der Waals surface area contributed by atoms with Crippen LogP contribution >= 0.6 is 11.6 Å². The lowest BCUT2D eigenvalue weighted by Crippen LogP contribution is -2.41. The molecule has 2 aromatic rings. The molecule has 1 aromatic carbocycles. The van der Waals surface area contributed by atoms with Gasteiger partial charge in [-0.3, -0.25) is 0 Å².